The fourth-order valence-corrected chi connectivity index (χ4v) is 2.78. The van der Waals surface area contributed by atoms with E-state index in [1.807, 2.05) is 0 Å². The van der Waals surface area contributed by atoms with Crippen molar-refractivity contribution in [1.82, 2.24) is 10.2 Å². The normalized spacial score (nSPS) is 24.5. The zero-order chi connectivity index (χ0) is 16.2. The van der Waals surface area contributed by atoms with Gasteiger partial charge in [-0.25, -0.2) is 4.39 Å². The topological polar surface area (TPSA) is 110 Å². The highest BCUT2D eigenvalue weighted by atomic mass is 19.1. The van der Waals surface area contributed by atoms with Gasteiger partial charge in [0, 0.05) is 6.42 Å². The number of nitrogens with one attached hydrogen (secondary N) is 1. The number of hydrogen-bond acceptors (Lipinski definition) is 5. The summed E-state index contributed by atoms with van der Waals surface area (Å²) in [5.74, 6) is -3.57. The second-order valence-corrected chi connectivity index (χ2v) is 5.48. The summed E-state index contributed by atoms with van der Waals surface area (Å²) in [7, 11) is 0. The van der Waals surface area contributed by atoms with Gasteiger partial charge in [-0.1, -0.05) is 0 Å². The van der Waals surface area contributed by atoms with Crippen LogP contribution in [0.2, 0.25) is 0 Å². The van der Waals surface area contributed by atoms with Crippen molar-refractivity contribution in [3.05, 3.63) is 29.1 Å². The molecule has 4 amide bonds. The highest BCUT2D eigenvalue weighted by molar-refractivity contribution is 6.26. The second-order valence-electron chi connectivity index (χ2n) is 5.48. The summed E-state index contributed by atoms with van der Waals surface area (Å²) in [4.78, 5) is 49.1. The van der Waals surface area contributed by atoms with E-state index in [9.17, 15) is 23.6 Å². The average molecular weight is 305 g/mol. The van der Waals surface area contributed by atoms with Crippen molar-refractivity contribution in [2.24, 2.45) is 0 Å². The molecule has 7 nitrogen and oxygen atoms in total. The number of carbonyl (C=O) groups is 4. The third-order valence-electron chi connectivity index (χ3n) is 4.12. The predicted molar refractivity (Wildman–Crippen MR) is 72.1 cm³/mol. The number of amides is 4. The molecule has 1 aromatic rings. The van der Waals surface area contributed by atoms with E-state index in [4.69, 9.17) is 5.73 Å². The smallest absolute Gasteiger partial charge is 0.264 e. The number of fused-ring (bicyclic) bond motifs is 1. The first-order chi connectivity index (χ1) is 10.3. The van der Waals surface area contributed by atoms with Gasteiger partial charge in [0.05, 0.1) is 16.8 Å². The van der Waals surface area contributed by atoms with E-state index in [0.717, 1.165) is 17.0 Å². The van der Waals surface area contributed by atoms with Crippen molar-refractivity contribution in [3.8, 4) is 0 Å². The van der Waals surface area contributed by atoms with Crippen LogP contribution in [0.15, 0.2) is 12.1 Å². The molecule has 8 heteroatoms. The van der Waals surface area contributed by atoms with Gasteiger partial charge in [-0.2, -0.15) is 0 Å². The minimum atomic E-state index is -1.51. The fourth-order valence-electron chi connectivity index (χ4n) is 2.78. The van der Waals surface area contributed by atoms with Crippen molar-refractivity contribution >= 4 is 29.3 Å². The maximum absolute atomic E-state index is 13.5. The number of halogens is 1. The first kappa shape index (κ1) is 14.2. The lowest BCUT2D eigenvalue weighted by Crippen LogP contribution is -2.62. The molecular weight excluding hydrogens is 293 g/mol. The SMILES string of the molecule is CC1(N2C(=O)c3ccc(F)c(N)c3C2=O)CCC(=O)NC1=O. The van der Waals surface area contributed by atoms with Crippen molar-refractivity contribution in [2.75, 3.05) is 5.73 Å². The third-order valence-corrected chi connectivity index (χ3v) is 4.12. The molecule has 1 fully saturated rings. The van der Waals surface area contributed by atoms with Crippen LogP contribution in [0.1, 0.15) is 40.5 Å². The number of rotatable bonds is 1. The number of hydrogen-bond donors (Lipinski definition) is 2. The molecule has 0 bridgehead atoms. The van der Waals surface area contributed by atoms with E-state index in [1.165, 1.54) is 6.92 Å². The highest BCUT2D eigenvalue weighted by Crippen LogP contribution is 2.36. The van der Waals surface area contributed by atoms with Crippen LogP contribution in [-0.2, 0) is 9.59 Å². The summed E-state index contributed by atoms with van der Waals surface area (Å²) < 4.78 is 13.5. The Bertz CT molecular complexity index is 761. The van der Waals surface area contributed by atoms with Gasteiger partial charge in [0.1, 0.15) is 11.4 Å². The van der Waals surface area contributed by atoms with Crippen LogP contribution in [0.4, 0.5) is 10.1 Å². The number of nitrogens with zero attached hydrogens (tertiary/aromatic N) is 1. The average Bonchev–Trinajstić information content (AvgIpc) is 2.71. The molecule has 22 heavy (non-hydrogen) atoms. The molecule has 3 rings (SSSR count). The van der Waals surface area contributed by atoms with Gasteiger partial charge in [0.2, 0.25) is 5.91 Å². The standard InChI is InChI=1S/C14H12FN3O4/c1-14(5-4-8(19)17-13(14)22)18-11(20)6-2-3-7(15)10(16)9(6)12(18)21/h2-3H,4-5,16H2,1H3,(H,17,19,22). The Morgan fingerprint density at radius 3 is 2.55 bits per heavy atom. The lowest BCUT2D eigenvalue weighted by Gasteiger charge is -2.38. The molecule has 2 heterocycles. The molecule has 1 unspecified atom stereocenters. The lowest BCUT2D eigenvalue weighted by atomic mass is 9.89. The molecular formula is C14H12FN3O4. The van der Waals surface area contributed by atoms with Gasteiger partial charge < -0.3 is 5.73 Å². The van der Waals surface area contributed by atoms with E-state index in [0.29, 0.717) is 0 Å². The number of benzene rings is 1. The highest BCUT2D eigenvalue weighted by Gasteiger charge is 2.53. The minimum absolute atomic E-state index is 0.000507. The lowest BCUT2D eigenvalue weighted by molar-refractivity contribution is -0.140. The van der Waals surface area contributed by atoms with Crippen LogP contribution in [0, 0.1) is 5.82 Å². The summed E-state index contributed by atoms with van der Waals surface area (Å²) in [5, 5.41) is 2.11. The maximum atomic E-state index is 13.5. The first-order valence-corrected chi connectivity index (χ1v) is 6.58. The Morgan fingerprint density at radius 1 is 1.23 bits per heavy atom. The Labute approximate surface area is 124 Å². The van der Waals surface area contributed by atoms with Crippen LogP contribution in [0.3, 0.4) is 0 Å². The van der Waals surface area contributed by atoms with Crippen LogP contribution in [0.25, 0.3) is 0 Å². The van der Waals surface area contributed by atoms with Crippen molar-refractivity contribution in [3.63, 3.8) is 0 Å². The Kier molecular flexibility index (Phi) is 2.81. The fraction of sp³-hybridized carbons (Fsp3) is 0.286. The first-order valence-electron chi connectivity index (χ1n) is 6.58. The summed E-state index contributed by atoms with van der Waals surface area (Å²) in [6.07, 6.45) is 0.00497. The monoisotopic (exact) mass is 305 g/mol. The van der Waals surface area contributed by atoms with Crippen LogP contribution >= 0.6 is 0 Å². The van der Waals surface area contributed by atoms with Gasteiger partial charge in [-0.05, 0) is 25.5 Å². The molecule has 2 aliphatic heterocycles. The molecule has 114 valence electrons. The van der Waals surface area contributed by atoms with Gasteiger partial charge >= 0.3 is 0 Å². The van der Waals surface area contributed by atoms with Crippen LogP contribution < -0.4 is 11.1 Å². The molecule has 0 aliphatic carbocycles. The molecule has 0 spiro atoms. The zero-order valence-electron chi connectivity index (χ0n) is 11.6. The number of nitrogens with two attached hydrogens (primary N) is 1. The quantitative estimate of drug-likeness (QED) is 0.569. The van der Waals surface area contributed by atoms with Gasteiger partial charge in [0.15, 0.2) is 0 Å². The summed E-state index contributed by atoms with van der Waals surface area (Å²) in [6.45, 7) is 1.39. The molecule has 1 atom stereocenters. The molecule has 0 aromatic heterocycles. The van der Waals surface area contributed by atoms with Gasteiger partial charge in [-0.3, -0.25) is 29.4 Å². The number of anilines is 1. The number of piperidine rings is 1. The Hall–Kier alpha value is -2.77. The molecule has 0 saturated carbocycles. The predicted octanol–water partition coefficient (Wildman–Crippen LogP) is 0.199. The summed E-state index contributed by atoms with van der Waals surface area (Å²) >= 11 is 0. The van der Waals surface area contributed by atoms with E-state index in [1.54, 1.807) is 0 Å². The second kappa shape index (κ2) is 4.36. The van der Waals surface area contributed by atoms with E-state index < -0.39 is 40.7 Å². The van der Waals surface area contributed by atoms with Crippen molar-refractivity contribution in [2.45, 2.75) is 25.3 Å². The Balaban J connectivity index is 2.10. The molecule has 1 saturated heterocycles. The van der Waals surface area contributed by atoms with E-state index in [-0.39, 0.29) is 24.0 Å². The van der Waals surface area contributed by atoms with Gasteiger partial charge in [-0.15, -0.1) is 0 Å². The molecule has 3 N–H and O–H groups in total. The number of nitrogen functional groups attached to an aromatic ring is 1. The van der Waals surface area contributed by atoms with Crippen molar-refractivity contribution < 1.29 is 23.6 Å². The van der Waals surface area contributed by atoms with Crippen LogP contribution in [-0.4, -0.2) is 34.1 Å². The summed E-state index contributed by atoms with van der Waals surface area (Å²) in [5.41, 5.74) is 3.33. The molecule has 2 aliphatic rings. The maximum Gasteiger partial charge on any atom is 0.264 e. The Morgan fingerprint density at radius 2 is 1.91 bits per heavy atom. The van der Waals surface area contributed by atoms with Crippen LogP contribution in [0.5, 0.6) is 0 Å². The number of carbonyl (C=O) groups excluding carboxylic acids is 4. The molecule has 1 aromatic carbocycles. The molecule has 0 radical (unpaired) electrons. The van der Waals surface area contributed by atoms with E-state index >= 15 is 0 Å². The largest absolute Gasteiger partial charge is 0.396 e. The van der Waals surface area contributed by atoms with Crippen molar-refractivity contribution in [1.29, 1.82) is 0 Å². The third kappa shape index (κ3) is 1.66. The summed E-state index contributed by atoms with van der Waals surface area (Å²) in [6, 6.07) is 2.16. The van der Waals surface area contributed by atoms with Gasteiger partial charge in [0.25, 0.3) is 17.7 Å². The van der Waals surface area contributed by atoms with E-state index in [2.05, 4.69) is 5.32 Å². The minimum Gasteiger partial charge on any atom is -0.396 e. The zero-order valence-corrected chi connectivity index (χ0v) is 11.6. The number of imide groups is 2.